The summed E-state index contributed by atoms with van der Waals surface area (Å²) < 4.78 is 25.0. The number of sulfone groups is 1. The normalized spacial score (nSPS) is 23.1. The Labute approximate surface area is 110 Å². The standard InChI is InChI=1S/C10H16BrN3O2S/c1-2-4-14-9(6-11)12-13-10(14)8-3-5-17(15,16)7-8/h8H,2-7H2,1H3. The number of rotatable bonds is 4. The molecule has 0 aromatic carbocycles. The summed E-state index contributed by atoms with van der Waals surface area (Å²) >= 11 is 3.38. The first kappa shape index (κ1) is 13.0. The van der Waals surface area contributed by atoms with Crippen molar-refractivity contribution in [1.29, 1.82) is 0 Å². The lowest BCUT2D eigenvalue weighted by molar-refractivity contribution is 0.580. The van der Waals surface area contributed by atoms with Crippen molar-refractivity contribution in [3.05, 3.63) is 11.6 Å². The fourth-order valence-corrected chi connectivity index (χ4v) is 4.37. The molecule has 1 fully saturated rings. The van der Waals surface area contributed by atoms with Crippen LogP contribution in [0.4, 0.5) is 0 Å². The molecule has 0 spiro atoms. The first-order valence-electron chi connectivity index (χ1n) is 5.75. The van der Waals surface area contributed by atoms with Crippen LogP contribution in [0.3, 0.4) is 0 Å². The Morgan fingerprint density at radius 2 is 2.24 bits per heavy atom. The molecule has 1 unspecified atom stereocenters. The van der Waals surface area contributed by atoms with E-state index in [4.69, 9.17) is 0 Å². The Hall–Kier alpha value is -0.430. The SMILES string of the molecule is CCCn1c(CBr)nnc1C1CCS(=O)(=O)C1. The molecule has 1 aromatic heterocycles. The van der Waals surface area contributed by atoms with Gasteiger partial charge in [-0.1, -0.05) is 22.9 Å². The molecule has 1 saturated heterocycles. The number of hydrogen-bond acceptors (Lipinski definition) is 4. The molecule has 0 saturated carbocycles. The first-order chi connectivity index (χ1) is 8.07. The number of hydrogen-bond donors (Lipinski definition) is 0. The van der Waals surface area contributed by atoms with Crippen molar-refractivity contribution in [2.24, 2.45) is 0 Å². The average molecular weight is 322 g/mol. The molecule has 1 aliphatic heterocycles. The molecule has 1 atom stereocenters. The fourth-order valence-electron chi connectivity index (χ4n) is 2.22. The largest absolute Gasteiger partial charge is 0.314 e. The summed E-state index contributed by atoms with van der Waals surface area (Å²) in [4.78, 5) is 0. The van der Waals surface area contributed by atoms with E-state index in [0.29, 0.717) is 11.8 Å². The third-order valence-corrected chi connectivity index (χ3v) is 5.29. The minimum Gasteiger partial charge on any atom is -0.314 e. The van der Waals surface area contributed by atoms with Crippen LogP contribution >= 0.6 is 15.9 Å². The van der Waals surface area contributed by atoms with Gasteiger partial charge in [-0.05, 0) is 12.8 Å². The fraction of sp³-hybridized carbons (Fsp3) is 0.800. The molecule has 2 rings (SSSR count). The highest BCUT2D eigenvalue weighted by molar-refractivity contribution is 9.08. The molecule has 0 aliphatic carbocycles. The van der Waals surface area contributed by atoms with Crippen LogP contribution in [0.2, 0.25) is 0 Å². The Morgan fingerprint density at radius 3 is 2.76 bits per heavy atom. The number of alkyl halides is 1. The van der Waals surface area contributed by atoms with Crippen molar-refractivity contribution in [3.8, 4) is 0 Å². The van der Waals surface area contributed by atoms with Gasteiger partial charge in [0.15, 0.2) is 9.84 Å². The smallest absolute Gasteiger partial charge is 0.151 e. The molecule has 1 aliphatic rings. The topological polar surface area (TPSA) is 64.8 Å². The summed E-state index contributed by atoms with van der Waals surface area (Å²) in [5.41, 5.74) is 0. The maximum Gasteiger partial charge on any atom is 0.151 e. The van der Waals surface area contributed by atoms with Crippen LogP contribution in [0.1, 0.15) is 37.3 Å². The van der Waals surface area contributed by atoms with Crippen molar-refractivity contribution >= 4 is 25.8 Å². The molecule has 2 heterocycles. The van der Waals surface area contributed by atoms with Crippen molar-refractivity contribution in [3.63, 3.8) is 0 Å². The lowest BCUT2D eigenvalue weighted by atomic mass is 10.1. The number of halogens is 1. The van der Waals surface area contributed by atoms with Crippen LogP contribution in [-0.2, 0) is 21.7 Å². The monoisotopic (exact) mass is 321 g/mol. The minimum absolute atomic E-state index is 0.0202. The highest BCUT2D eigenvalue weighted by Crippen LogP contribution is 2.28. The quantitative estimate of drug-likeness (QED) is 0.788. The molecule has 17 heavy (non-hydrogen) atoms. The summed E-state index contributed by atoms with van der Waals surface area (Å²) in [5.74, 6) is 2.23. The van der Waals surface area contributed by atoms with Crippen LogP contribution in [0.15, 0.2) is 0 Å². The predicted octanol–water partition coefficient (Wildman–Crippen LogP) is 1.49. The van der Waals surface area contributed by atoms with Crippen LogP contribution in [-0.4, -0.2) is 34.7 Å². The van der Waals surface area contributed by atoms with Crippen molar-refractivity contribution < 1.29 is 8.42 Å². The molecule has 0 N–H and O–H groups in total. The maximum absolute atomic E-state index is 11.5. The molecule has 7 heteroatoms. The van der Waals surface area contributed by atoms with E-state index in [2.05, 4.69) is 37.6 Å². The Morgan fingerprint density at radius 1 is 1.47 bits per heavy atom. The molecule has 96 valence electrons. The van der Waals surface area contributed by atoms with Crippen LogP contribution in [0.25, 0.3) is 0 Å². The van der Waals surface area contributed by atoms with Crippen molar-refractivity contribution in [1.82, 2.24) is 14.8 Å². The highest BCUT2D eigenvalue weighted by Gasteiger charge is 2.32. The van der Waals surface area contributed by atoms with Crippen LogP contribution < -0.4 is 0 Å². The summed E-state index contributed by atoms with van der Waals surface area (Å²) in [6.07, 6.45) is 1.66. The lowest BCUT2D eigenvalue weighted by Gasteiger charge is -2.11. The minimum atomic E-state index is -2.87. The summed E-state index contributed by atoms with van der Waals surface area (Å²) in [5, 5.41) is 8.94. The zero-order chi connectivity index (χ0) is 12.5. The second-order valence-electron chi connectivity index (χ2n) is 4.36. The van der Waals surface area contributed by atoms with Gasteiger partial charge in [-0.3, -0.25) is 0 Å². The lowest BCUT2D eigenvalue weighted by Crippen LogP contribution is -2.12. The summed E-state index contributed by atoms with van der Waals surface area (Å²) in [6, 6.07) is 0. The molecular formula is C10H16BrN3O2S. The Bertz CT molecular complexity index is 498. The van der Waals surface area contributed by atoms with Gasteiger partial charge in [-0.2, -0.15) is 0 Å². The van der Waals surface area contributed by atoms with Crippen LogP contribution in [0.5, 0.6) is 0 Å². The van der Waals surface area contributed by atoms with Gasteiger partial charge in [-0.15, -0.1) is 10.2 Å². The van der Waals surface area contributed by atoms with Crippen molar-refractivity contribution in [2.45, 2.75) is 37.6 Å². The van der Waals surface area contributed by atoms with E-state index >= 15 is 0 Å². The van der Waals surface area contributed by atoms with Gasteiger partial charge in [0.1, 0.15) is 11.6 Å². The molecule has 0 bridgehead atoms. The van der Waals surface area contributed by atoms with Gasteiger partial charge in [0, 0.05) is 12.5 Å². The zero-order valence-corrected chi connectivity index (χ0v) is 12.2. The van der Waals surface area contributed by atoms with E-state index in [-0.39, 0.29) is 17.4 Å². The van der Waals surface area contributed by atoms with Crippen molar-refractivity contribution in [2.75, 3.05) is 11.5 Å². The zero-order valence-electron chi connectivity index (χ0n) is 9.76. The molecule has 5 nitrogen and oxygen atoms in total. The third kappa shape index (κ3) is 2.70. The van der Waals surface area contributed by atoms with E-state index < -0.39 is 9.84 Å². The number of aromatic nitrogens is 3. The van der Waals surface area contributed by atoms with Gasteiger partial charge >= 0.3 is 0 Å². The van der Waals surface area contributed by atoms with Gasteiger partial charge in [0.25, 0.3) is 0 Å². The molecule has 1 aromatic rings. The average Bonchev–Trinajstić information content (AvgIpc) is 2.82. The predicted molar refractivity (Wildman–Crippen MR) is 69.0 cm³/mol. The van der Waals surface area contributed by atoms with E-state index in [9.17, 15) is 8.42 Å². The first-order valence-corrected chi connectivity index (χ1v) is 8.70. The Balaban J connectivity index is 2.29. The van der Waals surface area contributed by atoms with Gasteiger partial charge in [-0.25, -0.2) is 8.42 Å². The van der Waals surface area contributed by atoms with E-state index in [1.165, 1.54) is 0 Å². The third-order valence-electron chi connectivity index (χ3n) is 3.02. The van der Waals surface area contributed by atoms with Gasteiger partial charge < -0.3 is 4.57 Å². The highest BCUT2D eigenvalue weighted by atomic mass is 79.9. The maximum atomic E-state index is 11.5. The molecule has 0 radical (unpaired) electrons. The number of nitrogens with zero attached hydrogens (tertiary/aromatic N) is 3. The molecule has 0 amide bonds. The van der Waals surface area contributed by atoms with Gasteiger partial charge in [0.2, 0.25) is 0 Å². The van der Waals surface area contributed by atoms with E-state index in [0.717, 1.165) is 24.6 Å². The Kier molecular flexibility index (Phi) is 3.87. The second-order valence-corrected chi connectivity index (χ2v) is 7.15. The summed E-state index contributed by atoms with van der Waals surface area (Å²) in [7, 11) is -2.87. The second kappa shape index (κ2) is 5.06. The van der Waals surface area contributed by atoms with Crippen LogP contribution in [0, 0.1) is 0 Å². The van der Waals surface area contributed by atoms with Gasteiger partial charge in [0.05, 0.1) is 16.8 Å². The molecular weight excluding hydrogens is 306 g/mol. The van der Waals surface area contributed by atoms with E-state index in [1.807, 2.05) is 0 Å². The van der Waals surface area contributed by atoms with E-state index in [1.54, 1.807) is 0 Å². The summed E-state index contributed by atoms with van der Waals surface area (Å²) in [6.45, 7) is 2.94.